The number of rotatable bonds is 12. The summed E-state index contributed by atoms with van der Waals surface area (Å²) in [5, 5.41) is 18.2. The monoisotopic (exact) mass is 542 g/mol. The maximum absolute atomic E-state index is 13.1. The van der Waals surface area contributed by atoms with E-state index in [9.17, 15) is 14.4 Å². The van der Waals surface area contributed by atoms with Gasteiger partial charge in [0.05, 0.1) is 6.04 Å². The number of halogens is 1. The number of hydrogen-bond acceptors (Lipinski definition) is 5. The molecule has 208 valence electrons. The van der Waals surface area contributed by atoms with Gasteiger partial charge in [-0.05, 0) is 92.9 Å². The van der Waals surface area contributed by atoms with Crippen LogP contribution in [0.2, 0.25) is 0 Å². The normalized spacial score (nSPS) is 14.2. The Bertz CT molecular complexity index is 1270. The van der Waals surface area contributed by atoms with Crippen LogP contribution >= 0.6 is 0 Å². The minimum Gasteiger partial charge on any atom is -0.457 e. The summed E-state index contributed by atoms with van der Waals surface area (Å²) < 4.78 is 18.9. The molecule has 3 N–H and O–H groups in total. The zero-order valence-electron chi connectivity index (χ0n) is 22.5. The van der Waals surface area contributed by atoms with Crippen molar-refractivity contribution < 1.29 is 13.9 Å². The van der Waals surface area contributed by atoms with Gasteiger partial charge in [-0.15, -0.1) is 0 Å². The predicted molar refractivity (Wildman–Crippen MR) is 155 cm³/mol. The van der Waals surface area contributed by atoms with E-state index < -0.39 is 0 Å². The topological polar surface area (TPSA) is 102 Å². The Morgan fingerprint density at radius 1 is 1.00 bits per heavy atom. The maximum atomic E-state index is 13.1. The van der Waals surface area contributed by atoms with Crippen molar-refractivity contribution >= 4 is 17.6 Å². The van der Waals surface area contributed by atoms with Crippen molar-refractivity contribution in [2.75, 3.05) is 31.5 Å². The van der Waals surface area contributed by atoms with Crippen LogP contribution < -0.4 is 20.7 Å². The van der Waals surface area contributed by atoms with E-state index in [0.717, 1.165) is 25.2 Å². The van der Waals surface area contributed by atoms with Gasteiger partial charge in [0.15, 0.2) is 6.19 Å². The fourth-order valence-electron chi connectivity index (χ4n) is 4.56. The van der Waals surface area contributed by atoms with Crippen molar-refractivity contribution in [3.63, 3.8) is 0 Å². The molecule has 40 heavy (non-hydrogen) atoms. The van der Waals surface area contributed by atoms with Gasteiger partial charge in [-0.1, -0.05) is 30.3 Å². The second kappa shape index (κ2) is 15.2. The lowest BCUT2D eigenvalue weighted by molar-refractivity contribution is -0.121. The van der Waals surface area contributed by atoms with Gasteiger partial charge in [0.25, 0.3) is 0 Å². The van der Waals surface area contributed by atoms with Gasteiger partial charge in [-0.25, -0.2) is 9.38 Å². The number of likely N-dealkylation sites (tertiary alicyclic amines) is 1. The first-order valence-corrected chi connectivity index (χ1v) is 13.6. The van der Waals surface area contributed by atoms with Crippen LogP contribution in [0.3, 0.4) is 0 Å². The fourth-order valence-corrected chi connectivity index (χ4v) is 4.56. The highest BCUT2D eigenvalue weighted by Gasteiger charge is 2.15. The van der Waals surface area contributed by atoms with Crippen LogP contribution in [0.15, 0.2) is 83.9 Å². The molecule has 3 aromatic carbocycles. The van der Waals surface area contributed by atoms with Gasteiger partial charge in [-0.2, -0.15) is 5.26 Å². The van der Waals surface area contributed by atoms with E-state index in [1.807, 2.05) is 36.5 Å². The summed E-state index contributed by atoms with van der Waals surface area (Å²) >= 11 is 0. The van der Waals surface area contributed by atoms with Crippen molar-refractivity contribution in [2.45, 2.75) is 38.1 Å². The molecule has 1 aliphatic rings. The lowest BCUT2D eigenvalue weighted by atomic mass is 10.0. The summed E-state index contributed by atoms with van der Waals surface area (Å²) in [7, 11) is 0. The number of hydrogen-bond donors (Lipinski definition) is 3. The van der Waals surface area contributed by atoms with Crippen molar-refractivity contribution in [3.05, 3.63) is 90.2 Å². The van der Waals surface area contributed by atoms with Gasteiger partial charge in [-0.3, -0.25) is 10.1 Å². The Labute approximate surface area is 234 Å². The molecule has 1 atom stereocenters. The summed E-state index contributed by atoms with van der Waals surface area (Å²) in [6.07, 6.45) is 5.91. The van der Waals surface area contributed by atoms with Gasteiger partial charge in [0, 0.05) is 25.2 Å². The number of anilines is 1. The predicted octanol–water partition coefficient (Wildman–Crippen LogP) is 5.06. The zero-order chi connectivity index (χ0) is 28.0. The van der Waals surface area contributed by atoms with Gasteiger partial charge >= 0.3 is 0 Å². The van der Waals surface area contributed by atoms with E-state index in [1.165, 1.54) is 25.0 Å². The molecule has 1 aliphatic heterocycles. The minimum absolute atomic E-state index is 0.00644. The molecule has 0 bridgehead atoms. The molecule has 1 fully saturated rings. The van der Waals surface area contributed by atoms with Gasteiger partial charge in [0.2, 0.25) is 11.9 Å². The largest absolute Gasteiger partial charge is 0.457 e. The third kappa shape index (κ3) is 9.71. The van der Waals surface area contributed by atoms with E-state index in [-0.39, 0.29) is 17.8 Å². The summed E-state index contributed by atoms with van der Waals surface area (Å²) in [5.74, 6) is 1.09. The van der Waals surface area contributed by atoms with Crippen LogP contribution in [0.5, 0.6) is 11.5 Å². The lowest BCUT2D eigenvalue weighted by Gasteiger charge is -2.17. The molecule has 9 heteroatoms. The fraction of sp³-hybridized carbons (Fsp3) is 0.323. The highest BCUT2D eigenvalue weighted by atomic mass is 19.1. The summed E-state index contributed by atoms with van der Waals surface area (Å²) in [4.78, 5) is 19.7. The lowest BCUT2D eigenvalue weighted by Crippen LogP contribution is -2.34. The number of carbonyl (C=O) groups excluding carboxylic acids is 1. The molecule has 0 aliphatic carbocycles. The first-order chi connectivity index (χ1) is 19.6. The number of amides is 1. The molecule has 0 unspecified atom stereocenters. The summed E-state index contributed by atoms with van der Waals surface area (Å²) in [5.41, 5.74) is 1.80. The first kappa shape index (κ1) is 28.6. The Hall–Kier alpha value is -4.42. The molecule has 4 rings (SSSR count). The highest BCUT2D eigenvalue weighted by Crippen LogP contribution is 2.23. The smallest absolute Gasteiger partial charge is 0.220 e. The van der Waals surface area contributed by atoms with Crippen molar-refractivity contribution in [1.82, 2.24) is 15.5 Å². The van der Waals surface area contributed by atoms with E-state index in [4.69, 9.17) is 9.73 Å². The van der Waals surface area contributed by atoms with Crippen molar-refractivity contribution in [3.8, 4) is 17.7 Å². The van der Waals surface area contributed by atoms with E-state index in [1.54, 1.807) is 36.4 Å². The molecular weight excluding hydrogens is 507 g/mol. The quantitative estimate of drug-likeness (QED) is 0.128. The second-order valence-electron chi connectivity index (χ2n) is 9.70. The number of benzene rings is 3. The SMILES string of the molecule is N#CNC(=N[C@H](CCC(=O)NCCN1CCCC1)Cc1ccccc1)Nc1ccc(Oc2ccc(F)cc2)cc1. The van der Waals surface area contributed by atoms with Crippen LogP contribution in [0, 0.1) is 17.3 Å². The zero-order valence-corrected chi connectivity index (χ0v) is 22.5. The molecule has 8 nitrogen and oxygen atoms in total. The molecule has 3 aromatic rings. The standard InChI is InChI=1S/C31H35FN6O2/c32-25-8-13-28(14-9-25)40-29-15-10-26(11-16-29)36-31(35-23-33)37-27(22-24-6-2-1-3-7-24)12-17-30(39)34-18-21-38-19-4-5-20-38/h1-3,6-11,13-16,27H,4-5,12,17-22H2,(H,34,39)(H2,35,36,37)/t27-/m1/s1. The second-order valence-corrected chi connectivity index (χ2v) is 9.70. The van der Waals surface area contributed by atoms with Crippen LogP contribution in [0.1, 0.15) is 31.2 Å². The Balaban J connectivity index is 1.38. The minimum atomic E-state index is -0.326. The summed E-state index contributed by atoms with van der Waals surface area (Å²) in [6.45, 7) is 3.74. The molecule has 1 saturated heterocycles. The number of carbonyl (C=O) groups is 1. The van der Waals surface area contributed by atoms with E-state index >= 15 is 0 Å². The Kier molecular flexibility index (Phi) is 10.9. The molecule has 0 radical (unpaired) electrons. The Morgan fingerprint density at radius 2 is 1.68 bits per heavy atom. The number of ether oxygens (including phenoxy) is 1. The van der Waals surface area contributed by atoms with Crippen LogP contribution in [0.4, 0.5) is 10.1 Å². The highest BCUT2D eigenvalue weighted by molar-refractivity contribution is 5.94. The molecule has 0 aromatic heterocycles. The Morgan fingerprint density at radius 3 is 2.35 bits per heavy atom. The van der Waals surface area contributed by atoms with Gasteiger partial charge in [0.1, 0.15) is 17.3 Å². The molecule has 0 spiro atoms. The number of nitrogens with zero attached hydrogens (tertiary/aromatic N) is 3. The maximum Gasteiger partial charge on any atom is 0.220 e. The molecule has 1 amide bonds. The summed E-state index contributed by atoms with van der Waals surface area (Å²) in [6, 6.07) is 22.7. The third-order valence-corrected chi connectivity index (χ3v) is 6.62. The van der Waals surface area contributed by atoms with E-state index in [0.29, 0.717) is 49.0 Å². The van der Waals surface area contributed by atoms with Crippen LogP contribution in [-0.4, -0.2) is 49.0 Å². The van der Waals surface area contributed by atoms with E-state index in [2.05, 4.69) is 20.9 Å². The van der Waals surface area contributed by atoms with Crippen molar-refractivity contribution in [2.24, 2.45) is 4.99 Å². The number of guanidine groups is 1. The average Bonchev–Trinajstić information content (AvgIpc) is 3.48. The first-order valence-electron chi connectivity index (χ1n) is 13.6. The number of aliphatic imine (C=N–C) groups is 1. The molecule has 0 saturated carbocycles. The third-order valence-electron chi connectivity index (χ3n) is 6.62. The number of nitriles is 1. The number of nitrogens with one attached hydrogen (secondary N) is 3. The van der Waals surface area contributed by atoms with Crippen LogP contribution in [0.25, 0.3) is 0 Å². The average molecular weight is 543 g/mol. The van der Waals surface area contributed by atoms with Crippen molar-refractivity contribution in [1.29, 1.82) is 5.26 Å². The van der Waals surface area contributed by atoms with Crippen LogP contribution in [-0.2, 0) is 11.2 Å². The molecule has 1 heterocycles. The van der Waals surface area contributed by atoms with Gasteiger partial charge < -0.3 is 20.3 Å². The molecular formula is C31H35FN6O2.